The fourth-order valence-electron chi connectivity index (χ4n) is 1.52. The number of hydrogen-bond donors (Lipinski definition) is 0. The summed E-state index contributed by atoms with van der Waals surface area (Å²) in [6.45, 7) is 0. The van der Waals surface area contributed by atoms with E-state index in [9.17, 15) is 10.1 Å². The van der Waals surface area contributed by atoms with Gasteiger partial charge >= 0.3 is 5.69 Å². The summed E-state index contributed by atoms with van der Waals surface area (Å²) in [6.07, 6.45) is 0. The van der Waals surface area contributed by atoms with Crippen LogP contribution in [0.3, 0.4) is 0 Å². The van der Waals surface area contributed by atoms with E-state index in [1.54, 1.807) is 0 Å². The summed E-state index contributed by atoms with van der Waals surface area (Å²) < 4.78 is 9.92. The number of aromatic nitrogens is 2. The Morgan fingerprint density at radius 1 is 1.21 bits per heavy atom. The van der Waals surface area contributed by atoms with Gasteiger partial charge in [0, 0.05) is 0 Å². The Morgan fingerprint density at radius 2 is 1.79 bits per heavy atom. The van der Waals surface area contributed by atoms with Crippen LogP contribution in [0.2, 0.25) is 10.0 Å². The molecule has 100 valence electrons. The van der Waals surface area contributed by atoms with Crippen molar-refractivity contribution in [2.75, 3.05) is 14.2 Å². The number of benzene rings is 1. The van der Waals surface area contributed by atoms with Gasteiger partial charge in [-0.1, -0.05) is 23.2 Å². The number of nitro groups is 1. The third-order valence-corrected chi connectivity index (χ3v) is 3.11. The molecular formula is C10H7Cl2N3O4. The molecule has 7 nitrogen and oxygen atoms in total. The maximum atomic E-state index is 11.1. The highest BCUT2D eigenvalue weighted by Gasteiger charge is 2.25. The lowest BCUT2D eigenvalue weighted by Crippen LogP contribution is -2.00. The van der Waals surface area contributed by atoms with Crippen molar-refractivity contribution < 1.29 is 14.4 Å². The summed E-state index contributed by atoms with van der Waals surface area (Å²) in [5, 5.41) is 10.9. The van der Waals surface area contributed by atoms with Crippen LogP contribution >= 0.6 is 23.2 Å². The van der Waals surface area contributed by atoms with Crippen molar-refractivity contribution in [3.05, 3.63) is 26.2 Å². The van der Waals surface area contributed by atoms with Crippen molar-refractivity contribution >= 4 is 39.9 Å². The Labute approximate surface area is 117 Å². The third-order valence-electron chi connectivity index (χ3n) is 2.34. The van der Waals surface area contributed by atoms with Gasteiger partial charge in [0.1, 0.15) is 10.5 Å². The van der Waals surface area contributed by atoms with Crippen LogP contribution in [0.15, 0.2) is 6.07 Å². The predicted molar refractivity (Wildman–Crippen MR) is 69.3 cm³/mol. The highest BCUT2D eigenvalue weighted by Crippen LogP contribution is 2.39. The van der Waals surface area contributed by atoms with E-state index in [4.69, 9.17) is 32.7 Å². The zero-order chi connectivity index (χ0) is 14.2. The van der Waals surface area contributed by atoms with Crippen molar-refractivity contribution in [2.24, 2.45) is 0 Å². The second kappa shape index (κ2) is 5.02. The normalized spacial score (nSPS) is 10.5. The average molecular weight is 304 g/mol. The number of rotatable bonds is 3. The average Bonchev–Trinajstić information content (AvgIpc) is 2.38. The molecule has 0 spiro atoms. The van der Waals surface area contributed by atoms with Gasteiger partial charge in [0.15, 0.2) is 5.52 Å². The molecular weight excluding hydrogens is 297 g/mol. The van der Waals surface area contributed by atoms with Crippen LogP contribution in [0.4, 0.5) is 5.69 Å². The minimum Gasteiger partial charge on any atom is -0.477 e. The molecule has 1 heterocycles. The van der Waals surface area contributed by atoms with E-state index in [1.807, 2.05) is 0 Å². The van der Waals surface area contributed by atoms with Crippen molar-refractivity contribution in [1.29, 1.82) is 0 Å². The second-order valence-corrected chi connectivity index (χ2v) is 4.17. The number of nitrogens with zero attached hydrogens (tertiary/aromatic N) is 3. The molecule has 0 unspecified atom stereocenters. The van der Waals surface area contributed by atoms with E-state index in [0.717, 1.165) is 0 Å². The lowest BCUT2D eigenvalue weighted by atomic mass is 10.2. The molecule has 0 fully saturated rings. The van der Waals surface area contributed by atoms with Gasteiger partial charge in [0.25, 0.3) is 11.8 Å². The number of methoxy groups -OCH3 is 2. The summed E-state index contributed by atoms with van der Waals surface area (Å²) in [5.41, 5.74) is -0.242. The van der Waals surface area contributed by atoms with Crippen molar-refractivity contribution in [1.82, 2.24) is 9.97 Å². The Bertz CT molecular complexity index is 678. The zero-order valence-corrected chi connectivity index (χ0v) is 11.3. The molecule has 0 bridgehead atoms. The first-order valence-electron chi connectivity index (χ1n) is 4.91. The Morgan fingerprint density at radius 3 is 2.32 bits per heavy atom. The molecule has 2 aromatic rings. The maximum absolute atomic E-state index is 11.1. The van der Waals surface area contributed by atoms with E-state index < -0.39 is 10.6 Å². The predicted octanol–water partition coefficient (Wildman–Crippen LogP) is 2.86. The molecule has 19 heavy (non-hydrogen) atoms. The molecule has 0 amide bonds. The number of halogens is 2. The Kier molecular flexibility index (Phi) is 3.59. The summed E-state index contributed by atoms with van der Waals surface area (Å²) in [6, 6.07) is 1.38. The minimum atomic E-state index is -0.670. The number of fused-ring (bicyclic) bond motifs is 1. The smallest absolute Gasteiger partial charge is 0.317 e. The lowest BCUT2D eigenvalue weighted by Gasteiger charge is -2.08. The second-order valence-electron chi connectivity index (χ2n) is 3.39. The van der Waals surface area contributed by atoms with Crippen LogP contribution in [0.1, 0.15) is 0 Å². The highest BCUT2D eigenvalue weighted by atomic mass is 35.5. The first-order chi connectivity index (χ1) is 8.99. The van der Waals surface area contributed by atoms with Crippen LogP contribution in [-0.2, 0) is 0 Å². The van der Waals surface area contributed by atoms with Crippen molar-refractivity contribution in [3.8, 4) is 11.8 Å². The van der Waals surface area contributed by atoms with Crippen LogP contribution in [-0.4, -0.2) is 29.1 Å². The number of nitro benzene ring substituents is 1. The van der Waals surface area contributed by atoms with E-state index in [-0.39, 0.29) is 32.8 Å². The molecule has 0 saturated carbocycles. The monoisotopic (exact) mass is 303 g/mol. The summed E-state index contributed by atoms with van der Waals surface area (Å²) in [7, 11) is 2.73. The zero-order valence-electron chi connectivity index (χ0n) is 9.81. The van der Waals surface area contributed by atoms with Crippen LogP contribution < -0.4 is 9.47 Å². The summed E-state index contributed by atoms with van der Waals surface area (Å²) >= 11 is 11.7. The van der Waals surface area contributed by atoms with E-state index in [0.29, 0.717) is 0 Å². The van der Waals surface area contributed by atoms with Crippen LogP contribution in [0, 0.1) is 10.1 Å². The van der Waals surface area contributed by atoms with Gasteiger partial charge in [-0.15, -0.1) is 0 Å². The first kappa shape index (κ1) is 13.6. The molecule has 0 aliphatic heterocycles. The van der Waals surface area contributed by atoms with Gasteiger partial charge in [0.2, 0.25) is 0 Å². The molecule has 0 N–H and O–H groups in total. The molecule has 1 aromatic carbocycles. The molecule has 0 aliphatic carbocycles. The Balaban J connectivity index is 2.91. The van der Waals surface area contributed by atoms with Crippen molar-refractivity contribution in [2.45, 2.75) is 0 Å². The van der Waals surface area contributed by atoms with Gasteiger partial charge in [-0.05, 0) is 6.07 Å². The Hall–Kier alpha value is -1.86. The fourth-order valence-corrected chi connectivity index (χ4v) is 1.93. The van der Waals surface area contributed by atoms with E-state index in [1.165, 1.54) is 20.3 Å². The standard InChI is InChI=1S/C10H7Cl2N3O4/c1-18-9-10(19-2)14-7-5(13-9)3-4(11)6(12)8(7)15(16)17/h3H,1-2H3. The molecule has 2 rings (SSSR count). The molecule has 0 radical (unpaired) electrons. The van der Waals surface area contributed by atoms with Gasteiger partial charge in [-0.3, -0.25) is 10.1 Å². The molecule has 0 atom stereocenters. The van der Waals surface area contributed by atoms with Crippen molar-refractivity contribution in [3.63, 3.8) is 0 Å². The third kappa shape index (κ3) is 2.22. The summed E-state index contributed by atoms with van der Waals surface area (Å²) in [5.74, 6) is 0.124. The topological polar surface area (TPSA) is 87.4 Å². The SMILES string of the molecule is COc1nc2cc(Cl)c(Cl)c([N+](=O)[O-])c2nc1OC. The molecule has 1 aromatic heterocycles. The first-order valence-corrected chi connectivity index (χ1v) is 5.67. The molecule has 0 aliphatic rings. The highest BCUT2D eigenvalue weighted by molar-refractivity contribution is 6.44. The van der Waals surface area contributed by atoms with E-state index >= 15 is 0 Å². The van der Waals surface area contributed by atoms with E-state index in [2.05, 4.69) is 9.97 Å². The quantitative estimate of drug-likeness (QED) is 0.640. The largest absolute Gasteiger partial charge is 0.477 e. The van der Waals surface area contributed by atoms with Gasteiger partial charge in [-0.2, -0.15) is 4.98 Å². The maximum Gasteiger partial charge on any atom is 0.317 e. The number of ether oxygens (including phenoxy) is 2. The summed E-state index contributed by atoms with van der Waals surface area (Å²) in [4.78, 5) is 18.4. The van der Waals surface area contributed by atoms with Gasteiger partial charge < -0.3 is 9.47 Å². The van der Waals surface area contributed by atoms with Gasteiger partial charge in [0.05, 0.1) is 24.2 Å². The lowest BCUT2D eigenvalue weighted by molar-refractivity contribution is -0.383. The molecule has 0 saturated heterocycles. The van der Waals surface area contributed by atoms with Crippen LogP contribution in [0.25, 0.3) is 11.0 Å². The molecule has 9 heteroatoms. The van der Waals surface area contributed by atoms with Crippen LogP contribution in [0.5, 0.6) is 11.8 Å². The number of hydrogen-bond acceptors (Lipinski definition) is 6. The fraction of sp³-hybridized carbons (Fsp3) is 0.200. The van der Waals surface area contributed by atoms with Gasteiger partial charge in [-0.25, -0.2) is 4.98 Å². The minimum absolute atomic E-state index is 0.0161.